The van der Waals surface area contributed by atoms with E-state index in [0.717, 1.165) is 78.5 Å². The number of fused-ring (bicyclic) bond motifs is 19. The molecule has 14 rings (SSSR count). The van der Waals surface area contributed by atoms with Crippen LogP contribution in [0.4, 0.5) is 0 Å². The van der Waals surface area contributed by atoms with E-state index >= 15 is 0 Å². The van der Waals surface area contributed by atoms with Crippen molar-refractivity contribution in [3.63, 3.8) is 0 Å². The standard InChI is InChI=1S/C56H32N2O2S/c1-5-17-41-37(13-1)38-14-2-6-18-42(38)55(41)45-21-9-11-23-49(45)59-51-29-25-33(31-47(51)55)35-27-28-36(54-53(35)57-61-58-54)34-26-30-52-48(32-34)56(46-22-10-12-24-50(46)60-52)43-19-7-3-15-39(43)40-16-4-8-20-44(40)56/h1-32H. The minimum atomic E-state index is -0.552. The lowest BCUT2D eigenvalue weighted by Gasteiger charge is -2.39. The molecule has 9 aromatic carbocycles. The number of nitrogens with zero attached hydrogens (tertiary/aromatic N) is 2. The molecule has 0 N–H and O–H groups in total. The zero-order valence-electron chi connectivity index (χ0n) is 32.6. The fourth-order valence-corrected chi connectivity index (χ4v) is 12.0. The first kappa shape index (κ1) is 33.3. The molecule has 10 aromatic rings. The molecule has 0 saturated carbocycles. The third-order valence-corrected chi connectivity index (χ3v) is 14.3. The molecular weight excluding hydrogens is 765 g/mol. The highest BCUT2D eigenvalue weighted by molar-refractivity contribution is 7.00. The highest BCUT2D eigenvalue weighted by Gasteiger charge is 2.52. The van der Waals surface area contributed by atoms with E-state index in [1.165, 1.54) is 56.2 Å². The summed E-state index contributed by atoms with van der Waals surface area (Å²) in [5.41, 5.74) is 19.5. The van der Waals surface area contributed by atoms with Gasteiger partial charge in [0, 0.05) is 33.4 Å². The second-order valence-electron chi connectivity index (χ2n) is 16.4. The minimum absolute atomic E-state index is 0.552. The Hall–Kier alpha value is -7.60. The number of aromatic nitrogens is 2. The van der Waals surface area contributed by atoms with Gasteiger partial charge in [-0.15, -0.1) is 0 Å². The van der Waals surface area contributed by atoms with Gasteiger partial charge in [-0.05, 0) is 92.0 Å². The van der Waals surface area contributed by atoms with Crippen LogP contribution in [-0.4, -0.2) is 8.75 Å². The maximum absolute atomic E-state index is 6.75. The van der Waals surface area contributed by atoms with Gasteiger partial charge in [-0.2, -0.15) is 8.75 Å². The number of rotatable bonds is 2. The Morgan fingerprint density at radius 3 is 1.02 bits per heavy atom. The van der Waals surface area contributed by atoms with Crippen molar-refractivity contribution in [2.45, 2.75) is 10.8 Å². The zero-order chi connectivity index (χ0) is 39.9. The highest BCUT2D eigenvalue weighted by Crippen LogP contribution is 2.64. The van der Waals surface area contributed by atoms with Crippen molar-refractivity contribution in [3.05, 3.63) is 239 Å². The smallest absolute Gasteiger partial charge is 0.132 e. The molecule has 0 unspecified atom stereocenters. The molecule has 3 heterocycles. The van der Waals surface area contributed by atoms with Gasteiger partial charge in [0.25, 0.3) is 0 Å². The second-order valence-corrected chi connectivity index (χ2v) is 17.0. The SMILES string of the molecule is c1ccc2c(c1)Oc1ccc(-c3ccc(-c4ccc5c(c4)C4(c6ccccc6O5)c5ccccc5-c5ccccc54)c4nsnc34)cc1C21c2ccccc2-c2ccccc21. The fraction of sp³-hybridized carbons (Fsp3) is 0.0357. The van der Waals surface area contributed by atoms with Gasteiger partial charge < -0.3 is 9.47 Å². The molecule has 0 atom stereocenters. The molecule has 0 fully saturated rings. The first-order valence-electron chi connectivity index (χ1n) is 20.7. The van der Waals surface area contributed by atoms with Gasteiger partial charge in [0.05, 0.1) is 22.6 Å². The van der Waals surface area contributed by atoms with Crippen molar-refractivity contribution < 1.29 is 9.47 Å². The topological polar surface area (TPSA) is 44.2 Å². The number of ether oxygens (including phenoxy) is 2. The summed E-state index contributed by atoms with van der Waals surface area (Å²) in [6, 6.07) is 70.2. The molecule has 0 bridgehead atoms. The zero-order valence-corrected chi connectivity index (χ0v) is 33.4. The van der Waals surface area contributed by atoms with E-state index in [1.807, 2.05) is 0 Å². The van der Waals surface area contributed by atoms with Crippen LogP contribution in [0, 0.1) is 0 Å². The molecular formula is C56H32N2O2S. The van der Waals surface area contributed by atoms with E-state index in [9.17, 15) is 0 Å². The van der Waals surface area contributed by atoms with E-state index in [-0.39, 0.29) is 0 Å². The second kappa shape index (κ2) is 12.0. The van der Waals surface area contributed by atoms with E-state index in [1.54, 1.807) is 0 Å². The van der Waals surface area contributed by atoms with Gasteiger partial charge >= 0.3 is 0 Å². The lowest BCUT2D eigenvalue weighted by molar-refractivity contribution is 0.436. The molecule has 0 radical (unpaired) electrons. The van der Waals surface area contributed by atoms with E-state index in [4.69, 9.17) is 18.2 Å². The lowest BCUT2D eigenvalue weighted by atomic mass is 9.65. The molecule has 5 heteroatoms. The first-order valence-corrected chi connectivity index (χ1v) is 21.5. The Morgan fingerprint density at radius 2 is 0.623 bits per heavy atom. The van der Waals surface area contributed by atoms with Crippen LogP contribution in [0.15, 0.2) is 194 Å². The summed E-state index contributed by atoms with van der Waals surface area (Å²) >= 11 is 1.26. The monoisotopic (exact) mass is 796 g/mol. The average Bonchev–Trinajstić information content (AvgIpc) is 4.01. The molecule has 0 amide bonds. The largest absolute Gasteiger partial charge is 0.457 e. The lowest BCUT2D eigenvalue weighted by Crippen LogP contribution is -2.32. The number of benzene rings is 9. The van der Waals surface area contributed by atoms with Gasteiger partial charge in [-0.25, -0.2) is 0 Å². The Kier molecular flexibility index (Phi) is 6.54. The third kappa shape index (κ3) is 4.14. The first-order chi connectivity index (χ1) is 30.2. The summed E-state index contributed by atoms with van der Waals surface area (Å²) in [4.78, 5) is 0. The van der Waals surface area contributed by atoms with Crippen LogP contribution in [0.3, 0.4) is 0 Å². The van der Waals surface area contributed by atoms with Crippen LogP contribution in [0.1, 0.15) is 44.5 Å². The Labute approximate surface area is 356 Å². The van der Waals surface area contributed by atoms with Crippen molar-refractivity contribution in [1.82, 2.24) is 8.75 Å². The predicted octanol–water partition coefficient (Wildman–Crippen LogP) is 14.0. The molecule has 4 nitrogen and oxygen atoms in total. The maximum atomic E-state index is 6.75. The van der Waals surface area contributed by atoms with E-state index in [0.29, 0.717) is 0 Å². The molecule has 4 aliphatic rings. The molecule has 2 aliphatic carbocycles. The average molecular weight is 797 g/mol. The van der Waals surface area contributed by atoms with Crippen molar-refractivity contribution >= 4 is 22.8 Å². The van der Waals surface area contributed by atoms with Gasteiger partial charge in [-0.1, -0.05) is 158 Å². The number of para-hydroxylation sites is 2. The summed E-state index contributed by atoms with van der Waals surface area (Å²) in [5.74, 6) is 3.49. The van der Waals surface area contributed by atoms with Crippen LogP contribution in [0.25, 0.3) is 55.5 Å². The normalized spacial score (nSPS) is 14.8. The van der Waals surface area contributed by atoms with Crippen LogP contribution < -0.4 is 9.47 Å². The van der Waals surface area contributed by atoms with Gasteiger partial charge in [0.15, 0.2) is 0 Å². The minimum Gasteiger partial charge on any atom is -0.457 e. The van der Waals surface area contributed by atoms with Crippen LogP contribution in [0.2, 0.25) is 0 Å². The Balaban J connectivity index is 0.960. The molecule has 61 heavy (non-hydrogen) atoms. The van der Waals surface area contributed by atoms with Crippen molar-refractivity contribution in [3.8, 4) is 67.5 Å². The maximum Gasteiger partial charge on any atom is 0.132 e. The van der Waals surface area contributed by atoms with Crippen LogP contribution >= 0.6 is 11.7 Å². The summed E-state index contributed by atoms with van der Waals surface area (Å²) in [6.45, 7) is 0. The summed E-state index contributed by atoms with van der Waals surface area (Å²) in [5, 5.41) is 0. The molecule has 2 spiro atoms. The van der Waals surface area contributed by atoms with Crippen molar-refractivity contribution in [1.29, 1.82) is 0 Å². The van der Waals surface area contributed by atoms with E-state index in [2.05, 4.69) is 194 Å². The van der Waals surface area contributed by atoms with Gasteiger partial charge in [-0.3, -0.25) is 0 Å². The predicted molar refractivity (Wildman–Crippen MR) is 243 cm³/mol. The highest BCUT2D eigenvalue weighted by atomic mass is 32.1. The van der Waals surface area contributed by atoms with Crippen LogP contribution in [0.5, 0.6) is 23.0 Å². The number of hydrogen-bond donors (Lipinski definition) is 0. The molecule has 2 aliphatic heterocycles. The summed E-state index contributed by atoms with van der Waals surface area (Å²) < 4.78 is 23.5. The van der Waals surface area contributed by atoms with Crippen LogP contribution in [-0.2, 0) is 10.8 Å². The Morgan fingerprint density at radius 1 is 0.295 bits per heavy atom. The third-order valence-electron chi connectivity index (χ3n) is 13.7. The number of hydrogen-bond acceptors (Lipinski definition) is 5. The Bertz CT molecular complexity index is 3210. The van der Waals surface area contributed by atoms with Crippen molar-refractivity contribution in [2.24, 2.45) is 0 Å². The summed E-state index contributed by atoms with van der Waals surface area (Å²) in [7, 11) is 0. The fourth-order valence-electron chi connectivity index (χ4n) is 11.4. The molecule has 0 saturated heterocycles. The van der Waals surface area contributed by atoms with Gasteiger partial charge in [0.1, 0.15) is 34.0 Å². The molecule has 284 valence electrons. The van der Waals surface area contributed by atoms with Gasteiger partial charge in [0.2, 0.25) is 0 Å². The van der Waals surface area contributed by atoms with Crippen molar-refractivity contribution in [2.75, 3.05) is 0 Å². The molecule has 1 aromatic heterocycles. The quantitative estimate of drug-likeness (QED) is 0.175. The van der Waals surface area contributed by atoms with E-state index < -0.39 is 10.8 Å². The summed E-state index contributed by atoms with van der Waals surface area (Å²) in [6.07, 6.45) is 0.